The molecule has 3 rings (SSSR count). The quantitative estimate of drug-likeness (QED) is 0.847. The van der Waals surface area contributed by atoms with Crippen LogP contribution in [-0.4, -0.2) is 36.1 Å². The predicted octanol–water partition coefficient (Wildman–Crippen LogP) is 3.66. The molecule has 20 heavy (non-hydrogen) atoms. The second-order valence-corrected chi connectivity index (χ2v) is 8.32. The summed E-state index contributed by atoms with van der Waals surface area (Å²) in [5.41, 5.74) is 0. The maximum atomic E-state index is 4.11. The Morgan fingerprint density at radius 3 is 2.20 bits per heavy atom. The van der Waals surface area contributed by atoms with Gasteiger partial charge in [-0.25, -0.2) is 0 Å². The zero-order valence-electron chi connectivity index (χ0n) is 13.9. The number of piperidine rings is 1. The number of fused-ring (bicyclic) bond motifs is 2. The standard InChI is InChI=1S/C18H34N2/c1-12(2)17-8-5-13(3)9-18(17)19-14-10-15-6-7-16(11-14)20(15)4/h12-19H,5-11H2,1-4H3. The fraction of sp³-hybridized carbons (Fsp3) is 1.00. The van der Waals surface area contributed by atoms with Crippen molar-refractivity contribution in [3.05, 3.63) is 0 Å². The summed E-state index contributed by atoms with van der Waals surface area (Å²) in [5, 5.41) is 4.11. The van der Waals surface area contributed by atoms with Crippen molar-refractivity contribution in [2.45, 2.75) is 89.9 Å². The normalized spacial score (nSPS) is 46.0. The highest BCUT2D eigenvalue weighted by molar-refractivity contribution is 4.98. The molecule has 2 saturated heterocycles. The van der Waals surface area contributed by atoms with Crippen LogP contribution in [0.5, 0.6) is 0 Å². The van der Waals surface area contributed by atoms with Crippen LogP contribution in [0.3, 0.4) is 0 Å². The van der Waals surface area contributed by atoms with Crippen molar-refractivity contribution in [2.24, 2.45) is 17.8 Å². The number of hydrogen-bond acceptors (Lipinski definition) is 2. The second kappa shape index (κ2) is 5.96. The molecule has 0 radical (unpaired) electrons. The van der Waals surface area contributed by atoms with Crippen molar-refractivity contribution in [1.82, 2.24) is 10.2 Å². The summed E-state index contributed by atoms with van der Waals surface area (Å²) in [6.07, 6.45) is 9.95. The SMILES string of the molecule is CC1CCC(C(C)C)C(NC2CC3CCC(C2)N3C)C1. The van der Waals surface area contributed by atoms with E-state index in [0.29, 0.717) is 0 Å². The highest BCUT2D eigenvalue weighted by atomic mass is 15.2. The molecule has 0 amide bonds. The minimum atomic E-state index is 0.784. The average Bonchev–Trinajstić information content (AvgIpc) is 2.62. The highest BCUT2D eigenvalue weighted by Gasteiger charge is 2.40. The molecule has 116 valence electrons. The Bertz CT molecular complexity index is 313. The third-order valence-electron chi connectivity index (χ3n) is 6.57. The van der Waals surface area contributed by atoms with Gasteiger partial charge >= 0.3 is 0 Å². The van der Waals surface area contributed by atoms with Crippen LogP contribution in [0.25, 0.3) is 0 Å². The first-order chi connectivity index (χ1) is 9.54. The van der Waals surface area contributed by atoms with E-state index < -0.39 is 0 Å². The van der Waals surface area contributed by atoms with Crippen LogP contribution in [0, 0.1) is 17.8 Å². The van der Waals surface area contributed by atoms with Gasteiger partial charge in [-0.3, -0.25) is 0 Å². The molecule has 0 aromatic carbocycles. The van der Waals surface area contributed by atoms with Crippen LogP contribution in [0.15, 0.2) is 0 Å². The zero-order chi connectivity index (χ0) is 14.3. The Labute approximate surface area is 125 Å². The molecule has 1 saturated carbocycles. The molecule has 0 aromatic heterocycles. The Balaban J connectivity index is 1.61. The van der Waals surface area contributed by atoms with Crippen molar-refractivity contribution in [1.29, 1.82) is 0 Å². The molecule has 2 bridgehead atoms. The minimum Gasteiger partial charge on any atom is -0.311 e. The molecule has 0 spiro atoms. The highest BCUT2D eigenvalue weighted by Crippen LogP contribution is 2.37. The first-order valence-corrected chi connectivity index (χ1v) is 9.02. The summed E-state index contributed by atoms with van der Waals surface area (Å²) in [4.78, 5) is 2.65. The fourth-order valence-electron chi connectivity index (χ4n) is 5.24. The van der Waals surface area contributed by atoms with Crippen molar-refractivity contribution in [3.63, 3.8) is 0 Å². The molecular formula is C18H34N2. The van der Waals surface area contributed by atoms with Gasteiger partial charge in [0.05, 0.1) is 0 Å². The van der Waals surface area contributed by atoms with E-state index in [1.54, 1.807) is 0 Å². The average molecular weight is 278 g/mol. The minimum absolute atomic E-state index is 0.784. The van der Waals surface area contributed by atoms with E-state index in [2.05, 4.69) is 38.0 Å². The molecule has 3 aliphatic rings. The summed E-state index contributed by atoms with van der Waals surface area (Å²) in [6, 6.07) is 3.31. The Kier molecular flexibility index (Phi) is 4.42. The predicted molar refractivity (Wildman–Crippen MR) is 85.9 cm³/mol. The zero-order valence-corrected chi connectivity index (χ0v) is 13.9. The summed E-state index contributed by atoms with van der Waals surface area (Å²) in [6.45, 7) is 7.30. The Hall–Kier alpha value is -0.0800. The topological polar surface area (TPSA) is 15.3 Å². The molecule has 2 aliphatic heterocycles. The van der Waals surface area contributed by atoms with E-state index in [9.17, 15) is 0 Å². The van der Waals surface area contributed by atoms with Crippen molar-refractivity contribution in [2.75, 3.05) is 7.05 Å². The van der Waals surface area contributed by atoms with Crippen LogP contribution in [0.4, 0.5) is 0 Å². The maximum absolute atomic E-state index is 4.11. The van der Waals surface area contributed by atoms with Gasteiger partial charge in [-0.05, 0) is 63.3 Å². The Morgan fingerprint density at radius 2 is 1.60 bits per heavy atom. The summed E-state index contributed by atoms with van der Waals surface area (Å²) >= 11 is 0. The van der Waals surface area contributed by atoms with Crippen LogP contribution in [0.2, 0.25) is 0 Å². The molecule has 5 atom stereocenters. The number of hydrogen-bond donors (Lipinski definition) is 1. The lowest BCUT2D eigenvalue weighted by atomic mass is 9.73. The molecule has 1 N–H and O–H groups in total. The molecule has 0 aromatic rings. The third kappa shape index (κ3) is 2.92. The number of nitrogens with zero attached hydrogens (tertiary/aromatic N) is 1. The van der Waals surface area contributed by atoms with Crippen LogP contribution in [0.1, 0.15) is 65.7 Å². The summed E-state index contributed by atoms with van der Waals surface area (Å²) in [7, 11) is 2.35. The lowest BCUT2D eigenvalue weighted by Crippen LogP contribution is -2.53. The first kappa shape index (κ1) is 14.8. The van der Waals surface area contributed by atoms with E-state index in [4.69, 9.17) is 0 Å². The van der Waals surface area contributed by atoms with E-state index in [1.165, 1.54) is 44.9 Å². The number of nitrogens with one attached hydrogen (secondary N) is 1. The number of rotatable bonds is 3. The molecular weight excluding hydrogens is 244 g/mol. The molecule has 2 nitrogen and oxygen atoms in total. The molecule has 1 aliphatic carbocycles. The van der Waals surface area contributed by atoms with Crippen molar-refractivity contribution >= 4 is 0 Å². The Morgan fingerprint density at radius 1 is 0.950 bits per heavy atom. The molecule has 3 fully saturated rings. The monoisotopic (exact) mass is 278 g/mol. The smallest absolute Gasteiger partial charge is 0.0111 e. The van der Waals surface area contributed by atoms with E-state index in [-0.39, 0.29) is 0 Å². The van der Waals surface area contributed by atoms with Gasteiger partial charge in [0.15, 0.2) is 0 Å². The van der Waals surface area contributed by atoms with Crippen molar-refractivity contribution < 1.29 is 0 Å². The van der Waals surface area contributed by atoms with Gasteiger partial charge in [-0.2, -0.15) is 0 Å². The van der Waals surface area contributed by atoms with Gasteiger partial charge in [0.2, 0.25) is 0 Å². The first-order valence-electron chi connectivity index (χ1n) is 9.02. The van der Waals surface area contributed by atoms with Crippen molar-refractivity contribution in [3.8, 4) is 0 Å². The lowest BCUT2D eigenvalue weighted by molar-refractivity contribution is 0.109. The van der Waals surface area contributed by atoms with E-state index in [0.717, 1.165) is 41.9 Å². The van der Waals surface area contributed by atoms with Gasteiger partial charge in [0.1, 0.15) is 0 Å². The van der Waals surface area contributed by atoms with Crippen LogP contribution >= 0.6 is 0 Å². The van der Waals surface area contributed by atoms with E-state index >= 15 is 0 Å². The van der Waals surface area contributed by atoms with Gasteiger partial charge < -0.3 is 10.2 Å². The fourth-order valence-corrected chi connectivity index (χ4v) is 5.24. The summed E-state index contributed by atoms with van der Waals surface area (Å²) in [5.74, 6) is 2.66. The molecule has 5 unspecified atom stereocenters. The lowest BCUT2D eigenvalue weighted by Gasteiger charge is -2.43. The van der Waals surface area contributed by atoms with Crippen LogP contribution in [-0.2, 0) is 0 Å². The van der Waals surface area contributed by atoms with Crippen LogP contribution < -0.4 is 5.32 Å². The molecule has 2 heterocycles. The maximum Gasteiger partial charge on any atom is 0.0111 e. The van der Waals surface area contributed by atoms with Gasteiger partial charge in [-0.1, -0.05) is 27.2 Å². The van der Waals surface area contributed by atoms with Gasteiger partial charge in [-0.15, -0.1) is 0 Å². The third-order valence-corrected chi connectivity index (χ3v) is 6.57. The second-order valence-electron chi connectivity index (χ2n) is 8.32. The summed E-state index contributed by atoms with van der Waals surface area (Å²) < 4.78 is 0. The van der Waals surface area contributed by atoms with Gasteiger partial charge in [0.25, 0.3) is 0 Å². The largest absolute Gasteiger partial charge is 0.311 e. The van der Waals surface area contributed by atoms with Gasteiger partial charge in [0, 0.05) is 24.2 Å². The van der Waals surface area contributed by atoms with E-state index in [1.807, 2.05) is 0 Å². The molecule has 2 heteroatoms.